The summed E-state index contributed by atoms with van der Waals surface area (Å²) in [4.78, 5) is 15.9. The minimum atomic E-state index is -0.105. The summed E-state index contributed by atoms with van der Waals surface area (Å²) in [5.41, 5.74) is 0.585. The number of benzene rings is 2. The van der Waals surface area contributed by atoms with Crippen molar-refractivity contribution in [2.24, 2.45) is 0 Å². The molecule has 1 heterocycles. The molecule has 0 saturated carbocycles. The van der Waals surface area contributed by atoms with Crippen molar-refractivity contribution in [3.63, 3.8) is 0 Å². The van der Waals surface area contributed by atoms with Crippen molar-refractivity contribution in [3.8, 4) is 11.5 Å². The first-order chi connectivity index (χ1) is 12.6. The van der Waals surface area contributed by atoms with E-state index in [4.69, 9.17) is 4.74 Å². The summed E-state index contributed by atoms with van der Waals surface area (Å²) in [6.07, 6.45) is 0. The van der Waals surface area contributed by atoms with Crippen molar-refractivity contribution in [2.75, 3.05) is 20.6 Å². The number of nitrogens with zero attached hydrogens (tertiary/aromatic N) is 1. The van der Waals surface area contributed by atoms with Gasteiger partial charge in [0.05, 0.1) is 6.04 Å². The molecule has 0 aliphatic heterocycles. The Morgan fingerprint density at radius 2 is 1.81 bits per heavy atom. The Labute approximate surface area is 158 Å². The van der Waals surface area contributed by atoms with Gasteiger partial charge in [0.1, 0.15) is 11.5 Å². The molecule has 0 bridgehead atoms. The third kappa shape index (κ3) is 4.71. The summed E-state index contributed by atoms with van der Waals surface area (Å²) in [5.74, 6) is 1.29. The second-order valence-electron chi connectivity index (χ2n) is 6.15. The number of ether oxygens (including phenoxy) is 1. The van der Waals surface area contributed by atoms with Crippen LogP contribution in [0.3, 0.4) is 0 Å². The Bertz CT molecular complexity index is 832. The van der Waals surface area contributed by atoms with Gasteiger partial charge in [0.2, 0.25) is 0 Å². The molecule has 134 valence electrons. The molecular weight excluding hydrogens is 344 g/mol. The number of nitrogens with one attached hydrogen (secondary N) is 1. The number of likely N-dealkylation sites (N-methyl/N-ethyl adjacent to an activating group) is 1. The minimum absolute atomic E-state index is 0.105. The molecule has 1 atom stereocenters. The molecular formula is C21H22N2O2S. The predicted octanol–water partition coefficient (Wildman–Crippen LogP) is 4.57. The molecule has 2 aromatic carbocycles. The summed E-state index contributed by atoms with van der Waals surface area (Å²) < 4.78 is 5.81. The molecule has 5 heteroatoms. The van der Waals surface area contributed by atoms with Crippen LogP contribution in [0.5, 0.6) is 11.5 Å². The van der Waals surface area contributed by atoms with Crippen molar-refractivity contribution in [3.05, 3.63) is 82.6 Å². The van der Waals surface area contributed by atoms with E-state index in [0.29, 0.717) is 17.9 Å². The molecule has 0 radical (unpaired) electrons. The second-order valence-corrected chi connectivity index (χ2v) is 7.13. The first-order valence-corrected chi connectivity index (χ1v) is 9.32. The molecule has 26 heavy (non-hydrogen) atoms. The number of carbonyl (C=O) groups is 1. The van der Waals surface area contributed by atoms with Crippen LogP contribution in [-0.4, -0.2) is 31.4 Å². The maximum Gasteiger partial charge on any atom is 0.251 e. The molecule has 0 aliphatic rings. The fourth-order valence-corrected chi connectivity index (χ4v) is 3.56. The lowest BCUT2D eigenvalue weighted by molar-refractivity contribution is 0.0942. The summed E-state index contributed by atoms with van der Waals surface area (Å²) in [7, 11) is 4.04. The van der Waals surface area contributed by atoms with Crippen molar-refractivity contribution in [2.45, 2.75) is 6.04 Å². The van der Waals surface area contributed by atoms with Gasteiger partial charge in [-0.3, -0.25) is 4.79 Å². The number of thiophene rings is 1. The average Bonchev–Trinajstić information content (AvgIpc) is 3.17. The van der Waals surface area contributed by atoms with Crippen LogP contribution in [0.15, 0.2) is 72.1 Å². The molecule has 1 N–H and O–H groups in total. The highest BCUT2D eigenvalue weighted by Gasteiger charge is 2.17. The summed E-state index contributed by atoms with van der Waals surface area (Å²) in [6, 6.07) is 21.0. The average molecular weight is 366 g/mol. The Hall–Kier alpha value is -2.63. The monoisotopic (exact) mass is 366 g/mol. The Kier molecular flexibility index (Phi) is 6.04. The summed E-state index contributed by atoms with van der Waals surface area (Å²) in [6.45, 7) is 0.552. The third-order valence-corrected chi connectivity index (χ3v) is 5.00. The van der Waals surface area contributed by atoms with Crippen LogP contribution < -0.4 is 10.1 Å². The van der Waals surface area contributed by atoms with Gasteiger partial charge in [-0.2, -0.15) is 0 Å². The van der Waals surface area contributed by atoms with Crippen LogP contribution in [-0.2, 0) is 0 Å². The smallest absolute Gasteiger partial charge is 0.251 e. The maximum absolute atomic E-state index is 12.6. The molecule has 0 saturated heterocycles. The number of para-hydroxylation sites is 1. The highest BCUT2D eigenvalue weighted by atomic mass is 32.1. The zero-order valence-corrected chi connectivity index (χ0v) is 15.7. The van der Waals surface area contributed by atoms with Crippen molar-refractivity contribution >= 4 is 17.2 Å². The zero-order valence-electron chi connectivity index (χ0n) is 14.9. The molecule has 3 rings (SSSR count). The lowest BCUT2D eigenvalue weighted by atomic mass is 10.1. The van der Waals surface area contributed by atoms with E-state index in [2.05, 4.69) is 21.7 Å². The summed E-state index contributed by atoms with van der Waals surface area (Å²) >= 11 is 1.70. The van der Waals surface area contributed by atoms with Crippen LogP contribution in [0.4, 0.5) is 0 Å². The van der Waals surface area contributed by atoms with Gasteiger partial charge in [-0.15, -0.1) is 11.3 Å². The lowest BCUT2D eigenvalue weighted by Crippen LogP contribution is -2.34. The van der Waals surface area contributed by atoms with Crippen molar-refractivity contribution in [1.82, 2.24) is 10.2 Å². The van der Waals surface area contributed by atoms with E-state index in [0.717, 1.165) is 5.75 Å². The van der Waals surface area contributed by atoms with E-state index in [-0.39, 0.29) is 11.9 Å². The molecule has 0 spiro atoms. The Balaban J connectivity index is 1.65. The van der Waals surface area contributed by atoms with Gasteiger partial charge < -0.3 is 15.0 Å². The molecule has 1 amide bonds. The minimum Gasteiger partial charge on any atom is -0.457 e. The number of carbonyl (C=O) groups excluding carboxylic acids is 1. The first-order valence-electron chi connectivity index (χ1n) is 8.44. The highest BCUT2D eigenvalue weighted by Crippen LogP contribution is 2.23. The second kappa shape index (κ2) is 8.65. The van der Waals surface area contributed by atoms with Crippen LogP contribution in [0.1, 0.15) is 21.3 Å². The Morgan fingerprint density at radius 3 is 2.50 bits per heavy atom. The Morgan fingerprint density at radius 1 is 1.04 bits per heavy atom. The van der Waals surface area contributed by atoms with Crippen molar-refractivity contribution < 1.29 is 9.53 Å². The molecule has 0 aliphatic carbocycles. The topological polar surface area (TPSA) is 41.6 Å². The predicted molar refractivity (Wildman–Crippen MR) is 106 cm³/mol. The van der Waals surface area contributed by atoms with E-state index >= 15 is 0 Å². The molecule has 3 aromatic rings. The fourth-order valence-electron chi connectivity index (χ4n) is 2.64. The standard InChI is InChI=1S/C21H22N2O2S/c1-23(2)19(20-12-7-13-26-20)15-22-21(24)16-8-6-11-18(14-16)25-17-9-4-3-5-10-17/h3-14,19H,15H2,1-2H3,(H,22,24). The van der Waals surface area contributed by atoms with Gasteiger partial charge in [-0.1, -0.05) is 30.3 Å². The maximum atomic E-state index is 12.6. The lowest BCUT2D eigenvalue weighted by Gasteiger charge is -2.23. The van der Waals surface area contributed by atoms with E-state index in [1.54, 1.807) is 23.5 Å². The largest absolute Gasteiger partial charge is 0.457 e. The summed E-state index contributed by atoms with van der Waals surface area (Å²) in [5, 5.41) is 5.08. The molecule has 1 unspecified atom stereocenters. The van der Waals surface area contributed by atoms with E-state index in [9.17, 15) is 4.79 Å². The van der Waals surface area contributed by atoms with Gasteiger partial charge in [-0.05, 0) is 55.9 Å². The molecule has 4 nitrogen and oxygen atoms in total. The van der Waals surface area contributed by atoms with Gasteiger partial charge >= 0.3 is 0 Å². The SMILES string of the molecule is CN(C)C(CNC(=O)c1cccc(Oc2ccccc2)c1)c1cccs1. The van der Waals surface area contributed by atoms with Gasteiger partial charge in [0, 0.05) is 17.0 Å². The number of rotatable bonds is 7. The highest BCUT2D eigenvalue weighted by molar-refractivity contribution is 7.10. The van der Waals surface area contributed by atoms with E-state index in [1.165, 1.54) is 4.88 Å². The quantitative estimate of drug-likeness (QED) is 0.666. The fraction of sp³-hybridized carbons (Fsp3) is 0.190. The molecule has 0 fully saturated rings. The van der Waals surface area contributed by atoms with Crippen LogP contribution in [0, 0.1) is 0 Å². The van der Waals surface area contributed by atoms with Gasteiger partial charge in [0.25, 0.3) is 5.91 Å². The third-order valence-electron chi connectivity index (χ3n) is 4.03. The number of hydrogen-bond donors (Lipinski definition) is 1. The number of amides is 1. The van der Waals surface area contributed by atoms with Crippen molar-refractivity contribution in [1.29, 1.82) is 0 Å². The van der Waals surface area contributed by atoms with Crippen LogP contribution in [0.2, 0.25) is 0 Å². The van der Waals surface area contributed by atoms with Gasteiger partial charge in [-0.25, -0.2) is 0 Å². The van der Waals surface area contributed by atoms with Gasteiger partial charge in [0.15, 0.2) is 0 Å². The van der Waals surface area contributed by atoms with Crippen LogP contribution in [0.25, 0.3) is 0 Å². The number of hydrogen-bond acceptors (Lipinski definition) is 4. The zero-order chi connectivity index (χ0) is 18.4. The van der Waals surface area contributed by atoms with Crippen LogP contribution >= 0.6 is 11.3 Å². The normalized spacial score (nSPS) is 12.0. The van der Waals surface area contributed by atoms with E-state index < -0.39 is 0 Å². The molecule has 1 aromatic heterocycles. The first kappa shape index (κ1) is 18.2. The van der Waals surface area contributed by atoms with E-state index in [1.807, 2.05) is 62.6 Å².